The van der Waals surface area contributed by atoms with E-state index in [2.05, 4.69) is 10.3 Å². The van der Waals surface area contributed by atoms with Gasteiger partial charge in [0.05, 0.1) is 4.91 Å². The lowest BCUT2D eigenvalue weighted by atomic mass is 10.2. The zero-order valence-corrected chi connectivity index (χ0v) is 8.21. The third-order valence-electron chi connectivity index (χ3n) is 1.94. The van der Waals surface area contributed by atoms with E-state index in [1.54, 1.807) is 6.08 Å². The minimum absolute atomic E-state index is 0.331. The van der Waals surface area contributed by atoms with Crippen LogP contribution in [-0.2, 0) is 10.0 Å². The SMILES string of the molecule is O=S1(=O)NNC/C1=C\c1ccccc1. The maximum Gasteiger partial charge on any atom is 0.250 e. The lowest BCUT2D eigenvalue weighted by Gasteiger charge is -1.95. The van der Waals surface area contributed by atoms with Gasteiger partial charge in [-0.25, -0.2) is 13.8 Å². The Hall–Kier alpha value is -1.17. The summed E-state index contributed by atoms with van der Waals surface area (Å²) in [5, 5.41) is 0. The number of hydrazine groups is 1. The summed E-state index contributed by atoms with van der Waals surface area (Å²) >= 11 is 0. The van der Waals surface area contributed by atoms with Crippen molar-refractivity contribution in [1.29, 1.82) is 0 Å². The monoisotopic (exact) mass is 210 g/mol. The lowest BCUT2D eigenvalue weighted by molar-refractivity contribution is 0.588. The van der Waals surface area contributed by atoms with Gasteiger partial charge in [0.2, 0.25) is 0 Å². The van der Waals surface area contributed by atoms with Crippen LogP contribution in [0.15, 0.2) is 35.2 Å². The minimum Gasteiger partial charge on any atom is -0.239 e. The molecule has 74 valence electrons. The van der Waals surface area contributed by atoms with Gasteiger partial charge in [0.25, 0.3) is 10.0 Å². The van der Waals surface area contributed by atoms with Gasteiger partial charge in [-0.2, -0.15) is 0 Å². The smallest absolute Gasteiger partial charge is 0.239 e. The van der Waals surface area contributed by atoms with Crippen molar-refractivity contribution in [2.45, 2.75) is 0 Å². The average Bonchev–Trinajstić information content (AvgIpc) is 2.48. The molecule has 1 aromatic carbocycles. The van der Waals surface area contributed by atoms with Crippen molar-refractivity contribution >= 4 is 16.1 Å². The van der Waals surface area contributed by atoms with E-state index in [9.17, 15) is 8.42 Å². The normalized spacial score (nSPS) is 22.7. The van der Waals surface area contributed by atoms with Crippen LogP contribution in [0.1, 0.15) is 5.56 Å². The number of hydrogen-bond acceptors (Lipinski definition) is 3. The Balaban J connectivity index is 2.37. The predicted molar refractivity (Wildman–Crippen MR) is 54.5 cm³/mol. The highest BCUT2D eigenvalue weighted by molar-refractivity contribution is 7.93. The van der Waals surface area contributed by atoms with Crippen LogP contribution in [0.2, 0.25) is 0 Å². The molecule has 1 aliphatic rings. The van der Waals surface area contributed by atoms with Gasteiger partial charge in [0, 0.05) is 6.54 Å². The molecule has 1 aliphatic heterocycles. The molecule has 0 radical (unpaired) electrons. The van der Waals surface area contributed by atoms with E-state index in [4.69, 9.17) is 0 Å². The first kappa shape index (κ1) is 9.39. The Morgan fingerprint density at radius 2 is 1.93 bits per heavy atom. The number of benzene rings is 1. The van der Waals surface area contributed by atoms with E-state index in [1.165, 1.54) is 0 Å². The molecule has 4 nitrogen and oxygen atoms in total. The zero-order valence-electron chi connectivity index (χ0n) is 7.40. The van der Waals surface area contributed by atoms with Gasteiger partial charge < -0.3 is 0 Å². The van der Waals surface area contributed by atoms with Crippen molar-refractivity contribution in [3.8, 4) is 0 Å². The number of nitrogens with one attached hydrogen (secondary N) is 2. The fraction of sp³-hybridized carbons (Fsp3) is 0.111. The number of hydrogen-bond donors (Lipinski definition) is 2. The fourth-order valence-electron chi connectivity index (χ4n) is 1.24. The van der Waals surface area contributed by atoms with Crippen molar-refractivity contribution in [2.75, 3.05) is 6.54 Å². The summed E-state index contributed by atoms with van der Waals surface area (Å²) in [6.07, 6.45) is 1.66. The van der Waals surface area contributed by atoms with E-state index in [1.807, 2.05) is 30.3 Å². The first-order valence-corrected chi connectivity index (χ1v) is 5.67. The lowest BCUT2D eigenvalue weighted by Crippen LogP contribution is -2.25. The second-order valence-electron chi connectivity index (χ2n) is 2.98. The van der Waals surface area contributed by atoms with Gasteiger partial charge in [0.15, 0.2) is 0 Å². The fourth-order valence-corrected chi connectivity index (χ4v) is 2.19. The Labute approximate surface area is 82.7 Å². The summed E-state index contributed by atoms with van der Waals surface area (Å²) in [6, 6.07) is 9.35. The highest BCUT2D eigenvalue weighted by atomic mass is 32.2. The maximum absolute atomic E-state index is 11.3. The first-order chi connectivity index (χ1) is 6.68. The van der Waals surface area contributed by atoms with Crippen molar-refractivity contribution in [2.24, 2.45) is 0 Å². The van der Waals surface area contributed by atoms with Gasteiger partial charge in [-0.05, 0) is 11.6 Å². The molecular weight excluding hydrogens is 200 g/mol. The predicted octanol–water partition coefficient (Wildman–Crippen LogP) is 0.465. The quantitative estimate of drug-likeness (QED) is 0.708. The van der Waals surface area contributed by atoms with Gasteiger partial charge in [-0.15, -0.1) is 4.83 Å². The van der Waals surface area contributed by atoms with Crippen LogP contribution < -0.4 is 10.3 Å². The standard InChI is InChI=1S/C9H10N2O2S/c12-14(13)9(7-10-11-14)6-8-4-2-1-3-5-8/h1-6,10-11H,7H2/b9-6+. The molecule has 0 aliphatic carbocycles. The summed E-state index contributed by atoms with van der Waals surface area (Å²) in [4.78, 5) is 2.58. The molecule has 14 heavy (non-hydrogen) atoms. The number of sulfonamides is 1. The van der Waals surface area contributed by atoms with Crippen LogP contribution in [0.4, 0.5) is 0 Å². The highest BCUT2D eigenvalue weighted by Gasteiger charge is 2.22. The van der Waals surface area contributed by atoms with E-state index in [-0.39, 0.29) is 0 Å². The molecule has 0 amide bonds. The van der Waals surface area contributed by atoms with Crippen LogP contribution in [0.3, 0.4) is 0 Å². The summed E-state index contributed by atoms with van der Waals surface area (Å²) < 4.78 is 22.6. The molecule has 1 aromatic rings. The average molecular weight is 210 g/mol. The van der Waals surface area contributed by atoms with Gasteiger partial charge in [-0.1, -0.05) is 30.3 Å². The second-order valence-corrected chi connectivity index (χ2v) is 4.72. The van der Waals surface area contributed by atoms with Gasteiger partial charge in [0.1, 0.15) is 0 Å². The van der Waals surface area contributed by atoms with Crippen molar-refractivity contribution in [3.05, 3.63) is 40.8 Å². The van der Waals surface area contributed by atoms with Gasteiger partial charge >= 0.3 is 0 Å². The highest BCUT2D eigenvalue weighted by Crippen LogP contribution is 2.13. The van der Waals surface area contributed by atoms with E-state index >= 15 is 0 Å². The maximum atomic E-state index is 11.3. The third kappa shape index (κ3) is 1.84. The van der Waals surface area contributed by atoms with Crippen LogP contribution in [0.5, 0.6) is 0 Å². The Kier molecular flexibility index (Phi) is 2.37. The third-order valence-corrected chi connectivity index (χ3v) is 3.31. The van der Waals surface area contributed by atoms with Crippen molar-refractivity contribution in [1.82, 2.24) is 10.3 Å². The first-order valence-electron chi connectivity index (χ1n) is 4.19. The molecule has 2 rings (SSSR count). The summed E-state index contributed by atoms with van der Waals surface area (Å²) in [7, 11) is -3.29. The van der Waals surface area contributed by atoms with Gasteiger partial charge in [-0.3, -0.25) is 0 Å². The van der Waals surface area contributed by atoms with Crippen LogP contribution in [-0.4, -0.2) is 15.0 Å². The Morgan fingerprint density at radius 3 is 2.50 bits per heavy atom. The zero-order chi connectivity index (χ0) is 10.0. The Morgan fingerprint density at radius 1 is 1.21 bits per heavy atom. The largest absolute Gasteiger partial charge is 0.250 e. The van der Waals surface area contributed by atoms with E-state index in [0.29, 0.717) is 11.4 Å². The molecule has 0 saturated carbocycles. The molecule has 1 heterocycles. The minimum atomic E-state index is -3.29. The number of rotatable bonds is 1. The van der Waals surface area contributed by atoms with E-state index in [0.717, 1.165) is 5.56 Å². The van der Waals surface area contributed by atoms with Crippen LogP contribution >= 0.6 is 0 Å². The molecule has 1 fully saturated rings. The molecule has 0 spiro atoms. The summed E-state index contributed by atoms with van der Waals surface area (Å²) in [5.41, 5.74) is 3.46. The molecule has 0 bridgehead atoms. The molecule has 0 unspecified atom stereocenters. The van der Waals surface area contributed by atoms with Crippen molar-refractivity contribution < 1.29 is 8.42 Å². The molecule has 0 aromatic heterocycles. The second kappa shape index (κ2) is 3.53. The molecule has 0 atom stereocenters. The van der Waals surface area contributed by atoms with Crippen LogP contribution in [0, 0.1) is 0 Å². The molecule has 5 heteroatoms. The van der Waals surface area contributed by atoms with E-state index < -0.39 is 10.0 Å². The van der Waals surface area contributed by atoms with Crippen LogP contribution in [0.25, 0.3) is 6.08 Å². The molecule has 1 saturated heterocycles. The van der Waals surface area contributed by atoms with Crippen molar-refractivity contribution in [3.63, 3.8) is 0 Å². The summed E-state index contributed by atoms with van der Waals surface area (Å²) in [6.45, 7) is 0.331. The summed E-state index contributed by atoms with van der Waals surface area (Å²) in [5.74, 6) is 0. The molecule has 2 N–H and O–H groups in total. The Bertz CT molecular complexity index is 451. The molecular formula is C9H10N2O2S. The topological polar surface area (TPSA) is 58.2 Å².